The maximum Gasteiger partial charge on any atom is 0.333 e. The molecule has 3 aliphatic rings. The highest BCUT2D eigenvalue weighted by Crippen LogP contribution is 2.38. The van der Waals surface area contributed by atoms with E-state index >= 15 is 0 Å². The molecule has 8 heteroatoms. The Bertz CT molecular complexity index is 1150. The first-order valence-corrected chi connectivity index (χ1v) is 12.1. The molecule has 0 fully saturated rings. The summed E-state index contributed by atoms with van der Waals surface area (Å²) in [6.07, 6.45) is 7.39. The number of sulfonamides is 1. The van der Waals surface area contributed by atoms with Crippen molar-refractivity contribution in [3.8, 4) is 11.5 Å². The average molecular weight is 441 g/mol. The van der Waals surface area contributed by atoms with Gasteiger partial charge in [-0.25, -0.2) is 17.9 Å². The third-order valence-electron chi connectivity index (χ3n) is 5.95. The lowest BCUT2D eigenvalue weighted by Gasteiger charge is -2.18. The predicted octanol–water partition coefficient (Wildman–Crippen LogP) is 3.56. The Labute approximate surface area is 181 Å². The second-order valence-corrected chi connectivity index (χ2v) is 9.61. The molecule has 7 nitrogen and oxygen atoms in total. The van der Waals surface area contributed by atoms with Crippen LogP contribution in [0.4, 0.5) is 10.5 Å². The van der Waals surface area contributed by atoms with Crippen LogP contribution < -0.4 is 19.5 Å². The number of amides is 2. The highest BCUT2D eigenvalue weighted by Gasteiger charge is 2.25. The molecule has 0 saturated carbocycles. The van der Waals surface area contributed by atoms with Crippen molar-refractivity contribution in [2.45, 2.75) is 38.5 Å². The van der Waals surface area contributed by atoms with Crippen LogP contribution in [0, 0.1) is 0 Å². The molecule has 0 atom stereocenters. The highest BCUT2D eigenvalue weighted by molar-refractivity contribution is 7.93. The van der Waals surface area contributed by atoms with E-state index in [9.17, 15) is 13.2 Å². The Morgan fingerprint density at radius 2 is 1.58 bits per heavy atom. The van der Waals surface area contributed by atoms with Crippen molar-refractivity contribution in [1.82, 2.24) is 4.72 Å². The molecule has 31 heavy (non-hydrogen) atoms. The Morgan fingerprint density at radius 1 is 0.903 bits per heavy atom. The average Bonchev–Trinajstić information content (AvgIpc) is 3.41. The summed E-state index contributed by atoms with van der Waals surface area (Å²) in [6, 6.07) is 6.70. The van der Waals surface area contributed by atoms with Crippen LogP contribution in [0.2, 0.25) is 0 Å². The zero-order valence-corrected chi connectivity index (χ0v) is 17.9. The quantitative estimate of drug-likeness (QED) is 0.758. The highest BCUT2D eigenvalue weighted by atomic mass is 32.2. The molecule has 0 bridgehead atoms. The zero-order chi connectivity index (χ0) is 21.4. The van der Waals surface area contributed by atoms with Gasteiger partial charge < -0.3 is 14.8 Å². The SMILES string of the molecule is O=C(Nc1c2c(cc3c1CCC3)CCC2)NS(=O)(=O)/C=C/c1ccc2c(c1)OCCO2. The van der Waals surface area contributed by atoms with Gasteiger partial charge in [-0.05, 0) is 84.6 Å². The van der Waals surface area contributed by atoms with Crippen molar-refractivity contribution < 1.29 is 22.7 Å². The zero-order valence-electron chi connectivity index (χ0n) is 17.1. The Morgan fingerprint density at radius 3 is 2.29 bits per heavy atom. The van der Waals surface area contributed by atoms with Gasteiger partial charge in [0.25, 0.3) is 10.0 Å². The van der Waals surface area contributed by atoms with Gasteiger partial charge in [-0.15, -0.1) is 0 Å². The van der Waals surface area contributed by atoms with E-state index in [2.05, 4.69) is 16.1 Å². The van der Waals surface area contributed by atoms with Crippen LogP contribution in [0.3, 0.4) is 0 Å². The fourth-order valence-corrected chi connectivity index (χ4v) is 5.31. The molecule has 0 aromatic heterocycles. The van der Waals surface area contributed by atoms with Crippen molar-refractivity contribution in [2.24, 2.45) is 0 Å². The lowest BCUT2D eigenvalue weighted by Crippen LogP contribution is -2.33. The van der Waals surface area contributed by atoms with Gasteiger partial charge in [0.2, 0.25) is 0 Å². The normalized spacial score (nSPS) is 16.8. The molecule has 0 radical (unpaired) electrons. The largest absolute Gasteiger partial charge is 0.486 e. The molecule has 2 aliphatic carbocycles. The fourth-order valence-electron chi connectivity index (χ4n) is 4.60. The molecule has 162 valence electrons. The summed E-state index contributed by atoms with van der Waals surface area (Å²) in [5, 5.41) is 3.82. The molecule has 2 aromatic carbocycles. The molecule has 1 aliphatic heterocycles. The first kappa shape index (κ1) is 19.9. The van der Waals surface area contributed by atoms with Crippen LogP contribution >= 0.6 is 0 Å². The van der Waals surface area contributed by atoms with Gasteiger partial charge in [-0.2, -0.15) is 0 Å². The first-order chi connectivity index (χ1) is 15.0. The summed E-state index contributed by atoms with van der Waals surface area (Å²) < 4.78 is 38.0. The number of anilines is 1. The lowest BCUT2D eigenvalue weighted by molar-refractivity contribution is 0.171. The molecular weight excluding hydrogens is 416 g/mol. The summed E-state index contributed by atoms with van der Waals surface area (Å²) >= 11 is 0. The van der Waals surface area contributed by atoms with E-state index in [-0.39, 0.29) is 0 Å². The van der Waals surface area contributed by atoms with Gasteiger partial charge in [0.1, 0.15) is 13.2 Å². The topological polar surface area (TPSA) is 93.7 Å². The summed E-state index contributed by atoms with van der Waals surface area (Å²) in [5.41, 5.74) is 6.30. The van der Waals surface area contributed by atoms with E-state index in [0.29, 0.717) is 30.3 Å². The van der Waals surface area contributed by atoms with E-state index < -0.39 is 16.1 Å². The number of nitrogens with one attached hydrogen (secondary N) is 2. The van der Waals surface area contributed by atoms with Crippen molar-refractivity contribution >= 4 is 27.8 Å². The van der Waals surface area contributed by atoms with Crippen LogP contribution in [0.25, 0.3) is 6.08 Å². The van der Waals surface area contributed by atoms with Crippen LogP contribution in [-0.4, -0.2) is 27.7 Å². The van der Waals surface area contributed by atoms with Crippen molar-refractivity contribution in [3.05, 3.63) is 57.5 Å². The number of carbonyl (C=O) groups excluding carboxylic acids is 1. The minimum Gasteiger partial charge on any atom is -0.486 e. The van der Waals surface area contributed by atoms with E-state index in [1.54, 1.807) is 18.2 Å². The van der Waals surface area contributed by atoms with Crippen molar-refractivity contribution in [1.29, 1.82) is 0 Å². The minimum absolute atomic E-state index is 0.451. The summed E-state index contributed by atoms with van der Waals surface area (Å²) in [7, 11) is -3.96. The van der Waals surface area contributed by atoms with Crippen molar-refractivity contribution in [2.75, 3.05) is 18.5 Å². The smallest absolute Gasteiger partial charge is 0.333 e. The first-order valence-electron chi connectivity index (χ1n) is 10.6. The monoisotopic (exact) mass is 440 g/mol. The molecular formula is C23H24N2O5S. The third kappa shape index (κ3) is 4.12. The number of aryl methyl sites for hydroxylation is 2. The number of ether oxygens (including phenoxy) is 2. The molecule has 0 spiro atoms. The molecule has 1 heterocycles. The third-order valence-corrected chi connectivity index (χ3v) is 6.92. The maximum absolute atomic E-state index is 12.6. The Kier molecular flexibility index (Phi) is 5.09. The molecule has 0 unspecified atom stereocenters. The van der Waals surface area contributed by atoms with Gasteiger partial charge in [-0.1, -0.05) is 12.1 Å². The molecule has 2 amide bonds. The van der Waals surface area contributed by atoms with Crippen LogP contribution in [-0.2, 0) is 35.7 Å². The molecule has 5 rings (SSSR count). The number of carbonyl (C=O) groups is 1. The van der Waals surface area contributed by atoms with E-state index in [1.165, 1.54) is 17.2 Å². The Balaban J connectivity index is 1.30. The second kappa shape index (κ2) is 7.92. The van der Waals surface area contributed by atoms with E-state index in [1.807, 2.05) is 0 Å². The molecule has 2 N–H and O–H groups in total. The number of fused-ring (bicyclic) bond motifs is 3. The van der Waals surface area contributed by atoms with Gasteiger partial charge in [0.15, 0.2) is 11.5 Å². The van der Waals surface area contributed by atoms with Crippen LogP contribution in [0.5, 0.6) is 11.5 Å². The van der Waals surface area contributed by atoms with Crippen molar-refractivity contribution in [3.63, 3.8) is 0 Å². The number of hydrogen-bond acceptors (Lipinski definition) is 5. The minimum atomic E-state index is -3.96. The lowest BCUT2D eigenvalue weighted by atomic mass is 9.99. The Hall–Kier alpha value is -3.00. The molecule has 2 aromatic rings. The standard InChI is InChI=1S/C23H24N2O5S/c26-23(24-22-18-5-1-3-16(18)14-17-4-2-6-19(17)22)25-31(27,28)12-9-15-7-8-20-21(13-15)30-11-10-29-20/h7-9,12-14H,1-6,10-11H2,(H2,24,25,26)/b12-9+. The second-order valence-electron chi connectivity index (χ2n) is 8.04. The summed E-state index contributed by atoms with van der Waals surface area (Å²) in [5.74, 6) is 1.20. The fraction of sp³-hybridized carbons (Fsp3) is 0.348. The van der Waals surface area contributed by atoms with Crippen LogP contribution in [0.1, 0.15) is 40.7 Å². The van der Waals surface area contributed by atoms with Gasteiger partial charge in [0, 0.05) is 5.69 Å². The van der Waals surface area contributed by atoms with E-state index in [0.717, 1.165) is 60.7 Å². The predicted molar refractivity (Wildman–Crippen MR) is 118 cm³/mol. The number of hydrogen-bond donors (Lipinski definition) is 2. The number of rotatable bonds is 4. The van der Waals surface area contributed by atoms with Crippen LogP contribution in [0.15, 0.2) is 29.7 Å². The summed E-state index contributed by atoms with van der Waals surface area (Å²) in [6.45, 7) is 0.941. The maximum atomic E-state index is 12.6. The van der Waals surface area contributed by atoms with Gasteiger partial charge in [-0.3, -0.25) is 0 Å². The molecule has 0 saturated heterocycles. The van der Waals surface area contributed by atoms with Gasteiger partial charge in [0.05, 0.1) is 5.41 Å². The van der Waals surface area contributed by atoms with Gasteiger partial charge >= 0.3 is 6.03 Å². The summed E-state index contributed by atoms with van der Waals surface area (Å²) in [4.78, 5) is 12.6. The van der Waals surface area contributed by atoms with E-state index in [4.69, 9.17) is 9.47 Å². The number of benzene rings is 2. The number of urea groups is 1.